The first-order valence-electron chi connectivity index (χ1n) is 33.5. The van der Waals surface area contributed by atoms with Crippen LogP contribution in [0.4, 0.5) is 0 Å². The second-order valence-electron chi connectivity index (χ2n) is 30.3. The third-order valence-corrected chi connectivity index (χ3v) is 19.2. The normalized spacial score (nSPS) is 17.6. The maximum absolute atomic E-state index is 4.35. The number of pyridine rings is 1. The molecule has 4 aliphatic rings. The zero-order valence-corrected chi connectivity index (χ0v) is 55.7. The van der Waals surface area contributed by atoms with Gasteiger partial charge in [0.05, 0.1) is 0 Å². The molecule has 0 atom stereocenters. The van der Waals surface area contributed by atoms with Crippen LogP contribution in [0, 0.1) is 5.92 Å². The number of aromatic nitrogens is 1. The maximum atomic E-state index is 4.35. The van der Waals surface area contributed by atoms with Gasteiger partial charge < -0.3 is 9.80 Å². The van der Waals surface area contributed by atoms with Gasteiger partial charge in [0.1, 0.15) is 0 Å². The standard InChI is InChI=1S/C25H35N.C22H35N.C17H21N.C16H25N/c1-25(2,3)23-16-14-20(15-17-23)18-21-10-8-9-11-22(21)19-26(4)24-12-6-5-7-13-24;1-22(2,3)21-11-9-19(10-12-21)20-13-15-23(16-14-20)17-18-7-5-4-6-8-18;1-17(2,3)15-10-7-14(8-11-15)9-12-16-6-4-5-13-18-16;1-16(2,3)15-7-5-13(6-8-15)14-9-11-17(4)12-10-14/h8-11,14-17,24H,5-7,12-13,18-19H2,1-4H3;9-12,18,20H,4-8,13-17H2,1-3H3;4-8,10-11,13H,9,12H2,1-3H3;5-8,14H,9-12H2,1-4H3. The second kappa shape index (κ2) is 31.7. The Bertz CT molecular complexity index is 2750. The Morgan fingerprint density at radius 1 is 0.429 bits per heavy atom. The molecule has 0 spiro atoms. The lowest BCUT2D eigenvalue weighted by Crippen LogP contribution is -2.37. The van der Waals surface area contributed by atoms with E-state index in [1.165, 1.54) is 173 Å². The summed E-state index contributed by atoms with van der Waals surface area (Å²) in [5.74, 6) is 2.55. The zero-order chi connectivity index (χ0) is 60.3. The number of rotatable bonds is 12. The van der Waals surface area contributed by atoms with Gasteiger partial charge in [0, 0.05) is 31.0 Å². The number of piperidine rings is 2. The van der Waals surface area contributed by atoms with E-state index in [-0.39, 0.29) is 21.7 Å². The first-order chi connectivity index (χ1) is 40.0. The Labute approximate surface area is 515 Å². The number of benzene rings is 5. The molecular formula is C80H116N4. The minimum Gasteiger partial charge on any atom is -0.306 e. The first-order valence-corrected chi connectivity index (χ1v) is 33.5. The van der Waals surface area contributed by atoms with Gasteiger partial charge in [0.25, 0.3) is 0 Å². The number of likely N-dealkylation sites (tertiary alicyclic amines) is 2. The molecule has 0 unspecified atom stereocenters. The van der Waals surface area contributed by atoms with Gasteiger partial charge in [-0.2, -0.15) is 0 Å². The van der Waals surface area contributed by atoms with E-state index in [0.717, 1.165) is 55.3 Å². The van der Waals surface area contributed by atoms with Crippen LogP contribution >= 0.6 is 0 Å². The highest BCUT2D eigenvalue weighted by Gasteiger charge is 2.26. The SMILES string of the molecule is CC(C)(C)c1ccc(C2CCN(CC3CCCCC3)CC2)cc1.CC(C)(C)c1ccc(CCc2ccccn2)cc1.CN(Cc1ccccc1Cc1ccc(C(C)(C)C)cc1)C1CCCCC1.CN1CCC(c2ccc(C(C)(C)C)cc2)CC1. The average Bonchev–Trinajstić information content (AvgIpc) is 3.57. The van der Waals surface area contributed by atoms with Crippen LogP contribution in [0.1, 0.15) is 246 Å². The summed E-state index contributed by atoms with van der Waals surface area (Å²) in [5, 5.41) is 0. The predicted molar refractivity (Wildman–Crippen MR) is 364 cm³/mol. The summed E-state index contributed by atoms with van der Waals surface area (Å²) >= 11 is 0. The van der Waals surface area contributed by atoms with Gasteiger partial charge in [0.2, 0.25) is 0 Å². The Morgan fingerprint density at radius 2 is 0.845 bits per heavy atom. The van der Waals surface area contributed by atoms with E-state index in [1.807, 2.05) is 18.3 Å². The van der Waals surface area contributed by atoms with Crippen LogP contribution < -0.4 is 0 Å². The summed E-state index contributed by atoms with van der Waals surface area (Å²) in [6, 6.07) is 52.8. The second-order valence-corrected chi connectivity index (χ2v) is 30.3. The van der Waals surface area contributed by atoms with Crippen LogP contribution in [0.2, 0.25) is 0 Å². The molecule has 456 valence electrons. The molecule has 4 heteroatoms. The van der Waals surface area contributed by atoms with Gasteiger partial charge >= 0.3 is 0 Å². The first kappa shape index (κ1) is 66.7. The van der Waals surface area contributed by atoms with Crippen molar-refractivity contribution < 1.29 is 0 Å². The van der Waals surface area contributed by atoms with Crippen molar-refractivity contribution in [2.24, 2.45) is 5.92 Å². The average molecular weight is 1130 g/mol. The van der Waals surface area contributed by atoms with E-state index in [9.17, 15) is 0 Å². The van der Waals surface area contributed by atoms with E-state index in [4.69, 9.17) is 0 Å². The number of nitrogens with zero attached hydrogens (tertiary/aromatic N) is 4. The van der Waals surface area contributed by atoms with E-state index in [2.05, 4.69) is 244 Å². The number of hydrogen-bond donors (Lipinski definition) is 0. The summed E-state index contributed by atoms with van der Waals surface area (Å²) in [6.45, 7) is 34.8. The number of aryl methyl sites for hydroxylation is 2. The smallest absolute Gasteiger partial charge is 0.0406 e. The monoisotopic (exact) mass is 1130 g/mol. The Balaban J connectivity index is 0.000000163. The third kappa shape index (κ3) is 21.8. The van der Waals surface area contributed by atoms with Gasteiger partial charge in [-0.1, -0.05) is 249 Å². The maximum Gasteiger partial charge on any atom is 0.0406 e. The molecule has 5 aromatic carbocycles. The van der Waals surface area contributed by atoms with Crippen molar-refractivity contribution >= 4 is 0 Å². The van der Waals surface area contributed by atoms with E-state index in [1.54, 1.807) is 5.56 Å². The summed E-state index contributed by atoms with van der Waals surface area (Å²) in [5.41, 5.74) is 16.7. The van der Waals surface area contributed by atoms with Gasteiger partial charge in [-0.3, -0.25) is 9.88 Å². The Hall–Kier alpha value is -4.87. The summed E-state index contributed by atoms with van der Waals surface area (Å²) in [7, 11) is 4.53. The molecule has 0 N–H and O–H groups in total. The molecule has 4 nitrogen and oxygen atoms in total. The van der Waals surface area contributed by atoms with Crippen molar-refractivity contribution in [3.8, 4) is 0 Å². The molecule has 0 radical (unpaired) electrons. The van der Waals surface area contributed by atoms with Crippen molar-refractivity contribution in [3.05, 3.63) is 207 Å². The summed E-state index contributed by atoms with van der Waals surface area (Å²) in [4.78, 5) is 12.1. The molecule has 1 aromatic heterocycles. The quantitative estimate of drug-likeness (QED) is 0.122. The van der Waals surface area contributed by atoms with E-state index >= 15 is 0 Å². The van der Waals surface area contributed by atoms with Gasteiger partial charge in [-0.05, 0) is 218 Å². The molecule has 2 aliphatic heterocycles. The molecule has 6 aromatic rings. The highest BCUT2D eigenvalue weighted by molar-refractivity contribution is 5.36. The molecule has 84 heavy (non-hydrogen) atoms. The lowest BCUT2D eigenvalue weighted by Gasteiger charge is -2.35. The molecule has 4 fully saturated rings. The van der Waals surface area contributed by atoms with Gasteiger partial charge in [-0.25, -0.2) is 0 Å². The van der Waals surface area contributed by atoms with Crippen LogP contribution in [0.25, 0.3) is 0 Å². The van der Waals surface area contributed by atoms with Crippen LogP contribution in [0.5, 0.6) is 0 Å². The van der Waals surface area contributed by atoms with E-state index < -0.39 is 0 Å². The van der Waals surface area contributed by atoms with Crippen molar-refractivity contribution in [2.75, 3.05) is 46.8 Å². The topological polar surface area (TPSA) is 22.6 Å². The molecular weight excluding hydrogens is 1020 g/mol. The Morgan fingerprint density at radius 3 is 1.30 bits per heavy atom. The van der Waals surface area contributed by atoms with Crippen LogP contribution in [-0.4, -0.2) is 72.5 Å². The summed E-state index contributed by atoms with van der Waals surface area (Å²) < 4.78 is 0. The highest BCUT2D eigenvalue weighted by atomic mass is 15.1. The molecule has 2 saturated heterocycles. The lowest BCUT2D eigenvalue weighted by molar-refractivity contribution is 0.164. The summed E-state index contributed by atoms with van der Waals surface area (Å²) in [6.07, 6.45) is 24.6. The van der Waals surface area contributed by atoms with Gasteiger partial charge in [-0.15, -0.1) is 0 Å². The molecule has 0 amide bonds. The zero-order valence-electron chi connectivity index (χ0n) is 55.7. The molecule has 10 rings (SSSR count). The van der Waals surface area contributed by atoms with Crippen molar-refractivity contribution in [3.63, 3.8) is 0 Å². The van der Waals surface area contributed by atoms with E-state index in [0.29, 0.717) is 0 Å². The third-order valence-electron chi connectivity index (χ3n) is 19.2. The van der Waals surface area contributed by atoms with Crippen LogP contribution in [-0.2, 0) is 47.5 Å². The minimum atomic E-state index is 0.221. The van der Waals surface area contributed by atoms with Gasteiger partial charge in [0.15, 0.2) is 0 Å². The fourth-order valence-corrected chi connectivity index (χ4v) is 13.2. The number of hydrogen-bond acceptors (Lipinski definition) is 4. The minimum absolute atomic E-state index is 0.221. The van der Waals surface area contributed by atoms with Crippen LogP contribution in [0.15, 0.2) is 146 Å². The molecule has 0 bridgehead atoms. The highest BCUT2D eigenvalue weighted by Crippen LogP contribution is 2.34. The lowest BCUT2D eigenvalue weighted by atomic mass is 9.83. The molecule has 2 saturated carbocycles. The Kier molecular flexibility index (Phi) is 25.1. The predicted octanol–water partition coefficient (Wildman–Crippen LogP) is 20.0. The van der Waals surface area contributed by atoms with Crippen LogP contribution in [0.3, 0.4) is 0 Å². The molecule has 3 heterocycles. The van der Waals surface area contributed by atoms with Crippen molar-refractivity contribution in [1.82, 2.24) is 19.7 Å². The van der Waals surface area contributed by atoms with Crippen molar-refractivity contribution in [2.45, 2.75) is 238 Å². The largest absolute Gasteiger partial charge is 0.306 e. The van der Waals surface area contributed by atoms with Crippen molar-refractivity contribution in [1.29, 1.82) is 0 Å². The fourth-order valence-electron chi connectivity index (χ4n) is 13.2. The fraction of sp³-hybridized carbons (Fsp3) is 0.562. The molecule has 2 aliphatic carbocycles.